The van der Waals surface area contributed by atoms with Crippen LogP contribution in [0, 0.1) is 5.92 Å². The lowest BCUT2D eigenvalue weighted by Gasteiger charge is -2.35. The number of rotatable bonds is 6. The van der Waals surface area contributed by atoms with Crippen LogP contribution in [0.1, 0.15) is 19.8 Å². The van der Waals surface area contributed by atoms with Crippen molar-refractivity contribution >= 4 is 17.8 Å². The minimum absolute atomic E-state index is 0.0697. The van der Waals surface area contributed by atoms with Gasteiger partial charge in [-0.2, -0.15) is 0 Å². The number of carbonyl (C=O) groups excluding carboxylic acids is 2. The van der Waals surface area contributed by atoms with Crippen molar-refractivity contribution in [3.63, 3.8) is 0 Å². The SMILES string of the molecule is CCN1C[C@H](C(=O)NCCN2CCN(c3ncccn3)CC2)CCC1=O. The fourth-order valence-electron chi connectivity index (χ4n) is 3.54. The van der Waals surface area contributed by atoms with Crippen molar-refractivity contribution in [3.05, 3.63) is 18.5 Å². The number of likely N-dealkylation sites (tertiary alicyclic amines) is 1. The molecule has 2 aliphatic heterocycles. The molecule has 0 aliphatic carbocycles. The van der Waals surface area contributed by atoms with Gasteiger partial charge in [-0.3, -0.25) is 14.5 Å². The first kappa shape index (κ1) is 18.6. The molecular formula is C18H28N6O2. The Kier molecular flexibility index (Phi) is 6.38. The third-order valence-electron chi connectivity index (χ3n) is 5.19. The lowest BCUT2D eigenvalue weighted by molar-refractivity contribution is -0.138. The van der Waals surface area contributed by atoms with Crippen LogP contribution in [-0.2, 0) is 9.59 Å². The fraction of sp³-hybridized carbons (Fsp3) is 0.667. The van der Waals surface area contributed by atoms with Gasteiger partial charge in [0, 0.05) is 71.2 Å². The Hall–Kier alpha value is -2.22. The topological polar surface area (TPSA) is 81.7 Å². The lowest BCUT2D eigenvalue weighted by atomic mass is 9.96. The van der Waals surface area contributed by atoms with Crippen LogP contribution in [0.5, 0.6) is 0 Å². The van der Waals surface area contributed by atoms with Crippen molar-refractivity contribution in [2.75, 3.05) is 57.3 Å². The summed E-state index contributed by atoms with van der Waals surface area (Å²) in [6.45, 7) is 8.36. The van der Waals surface area contributed by atoms with Crippen molar-refractivity contribution in [1.82, 2.24) is 25.1 Å². The van der Waals surface area contributed by atoms with Gasteiger partial charge in [-0.05, 0) is 19.4 Å². The summed E-state index contributed by atoms with van der Waals surface area (Å²) in [6.07, 6.45) is 4.68. The van der Waals surface area contributed by atoms with Crippen LogP contribution in [0.3, 0.4) is 0 Å². The maximum absolute atomic E-state index is 12.4. The number of amides is 2. The molecule has 8 nitrogen and oxygen atoms in total. The summed E-state index contributed by atoms with van der Waals surface area (Å²) < 4.78 is 0. The summed E-state index contributed by atoms with van der Waals surface area (Å²) in [5.74, 6) is 0.955. The van der Waals surface area contributed by atoms with Crippen molar-refractivity contribution < 1.29 is 9.59 Å². The zero-order chi connectivity index (χ0) is 18.4. The van der Waals surface area contributed by atoms with E-state index in [1.807, 2.05) is 13.0 Å². The number of carbonyl (C=O) groups is 2. The van der Waals surface area contributed by atoms with Gasteiger partial charge in [0.05, 0.1) is 5.92 Å². The van der Waals surface area contributed by atoms with Crippen LogP contribution >= 0.6 is 0 Å². The number of nitrogens with zero attached hydrogens (tertiary/aromatic N) is 5. The molecule has 1 aromatic rings. The average molecular weight is 360 g/mol. The molecule has 26 heavy (non-hydrogen) atoms. The number of hydrogen-bond acceptors (Lipinski definition) is 6. The second-order valence-corrected chi connectivity index (χ2v) is 6.84. The van der Waals surface area contributed by atoms with E-state index >= 15 is 0 Å². The van der Waals surface area contributed by atoms with Crippen LogP contribution in [0.15, 0.2) is 18.5 Å². The molecule has 1 aromatic heterocycles. The molecule has 0 bridgehead atoms. The lowest BCUT2D eigenvalue weighted by Crippen LogP contribution is -2.50. The van der Waals surface area contributed by atoms with Gasteiger partial charge in [-0.25, -0.2) is 9.97 Å². The highest BCUT2D eigenvalue weighted by molar-refractivity contribution is 5.83. The standard InChI is InChI=1S/C18H28N6O2/c1-2-23-14-15(4-5-16(23)25)17(26)19-8-9-22-10-12-24(13-11-22)18-20-6-3-7-21-18/h3,6-7,15H,2,4-5,8-14H2,1H3,(H,19,26)/t15-/m1/s1. The van der Waals surface area contributed by atoms with E-state index in [4.69, 9.17) is 0 Å². The van der Waals surface area contributed by atoms with Crippen molar-refractivity contribution in [3.8, 4) is 0 Å². The Morgan fingerprint density at radius 1 is 1.23 bits per heavy atom. The minimum atomic E-state index is -0.0697. The summed E-state index contributed by atoms with van der Waals surface area (Å²) in [5, 5.41) is 3.05. The molecule has 2 amide bonds. The van der Waals surface area contributed by atoms with Gasteiger partial charge < -0.3 is 15.1 Å². The smallest absolute Gasteiger partial charge is 0.225 e. The third-order valence-corrected chi connectivity index (χ3v) is 5.19. The highest BCUT2D eigenvalue weighted by Gasteiger charge is 2.29. The number of hydrogen-bond donors (Lipinski definition) is 1. The van der Waals surface area contributed by atoms with Crippen molar-refractivity contribution in [1.29, 1.82) is 0 Å². The Bertz CT molecular complexity index is 603. The first-order valence-electron chi connectivity index (χ1n) is 9.47. The van der Waals surface area contributed by atoms with Crippen molar-refractivity contribution in [2.45, 2.75) is 19.8 Å². The molecule has 3 rings (SSSR count). The number of piperidine rings is 1. The van der Waals surface area contributed by atoms with Crippen LogP contribution in [0.2, 0.25) is 0 Å². The first-order chi connectivity index (χ1) is 12.7. The van der Waals surface area contributed by atoms with E-state index < -0.39 is 0 Å². The number of aromatic nitrogens is 2. The Balaban J connectivity index is 1.35. The molecule has 8 heteroatoms. The normalized spacial score (nSPS) is 21.7. The Morgan fingerprint density at radius 3 is 2.65 bits per heavy atom. The second-order valence-electron chi connectivity index (χ2n) is 6.84. The van der Waals surface area contributed by atoms with Gasteiger partial charge in [-0.1, -0.05) is 0 Å². The quantitative estimate of drug-likeness (QED) is 0.767. The Labute approximate surface area is 154 Å². The van der Waals surface area contributed by atoms with Gasteiger partial charge in [0.25, 0.3) is 0 Å². The summed E-state index contributed by atoms with van der Waals surface area (Å²) in [4.78, 5) is 39.0. The Morgan fingerprint density at radius 2 is 1.96 bits per heavy atom. The molecule has 0 saturated carbocycles. The number of piperazine rings is 1. The van der Waals surface area contributed by atoms with E-state index in [1.165, 1.54) is 0 Å². The molecule has 1 N–H and O–H groups in total. The van der Waals surface area contributed by atoms with Gasteiger partial charge >= 0.3 is 0 Å². The van der Waals surface area contributed by atoms with Gasteiger partial charge in [0.15, 0.2) is 0 Å². The second kappa shape index (κ2) is 8.93. The highest BCUT2D eigenvalue weighted by Crippen LogP contribution is 2.17. The average Bonchev–Trinajstić information content (AvgIpc) is 2.69. The molecule has 0 spiro atoms. The predicted molar refractivity (Wildman–Crippen MR) is 98.7 cm³/mol. The molecule has 2 saturated heterocycles. The molecular weight excluding hydrogens is 332 g/mol. The maximum Gasteiger partial charge on any atom is 0.225 e. The summed E-state index contributed by atoms with van der Waals surface area (Å²) in [6, 6.07) is 1.82. The fourth-order valence-corrected chi connectivity index (χ4v) is 3.54. The van der Waals surface area contributed by atoms with Gasteiger partial charge in [-0.15, -0.1) is 0 Å². The molecule has 3 heterocycles. The minimum Gasteiger partial charge on any atom is -0.355 e. The van der Waals surface area contributed by atoms with Crippen molar-refractivity contribution in [2.24, 2.45) is 5.92 Å². The molecule has 0 aromatic carbocycles. The molecule has 142 valence electrons. The van der Waals surface area contributed by atoms with E-state index in [-0.39, 0.29) is 17.7 Å². The summed E-state index contributed by atoms with van der Waals surface area (Å²) in [5.41, 5.74) is 0. The van der Waals surface area contributed by atoms with E-state index in [9.17, 15) is 9.59 Å². The van der Waals surface area contributed by atoms with E-state index in [0.29, 0.717) is 32.5 Å². The largest absolute Gasteiger partial charge is 0.355 e. The zero-order valence-electron chi connectivity index (χ0n) is 15.4. The van der Waals surface area contributed by atoms with Crippen LogP contribution in [0.4, 0.5) is 5.95 Å². The first-order valence-corrected chi connectivity index (χ1v) is 9.47. The van der Waals surface area contributed by atoms with E-state index in [1.54, 1.807) is 17.3 Å². The molecule has 2 aliphatic rings. The predicted octanol–water partition coefficient (Wildman–Crippen LogP) is -0.0267. The highest BCUT2D eigenvalue weighted by atomic mass is 16.2. The molecule has 0 radical (unpaired) electrons. The third kappa shape index (κ3) is 4.69. The number of anilines is 1. The van der Waals surface area contributed by atoms with Gasteiger partial charge in [0.2, 0.25) is 17.8 Å². The van der Waals surface area contributed by atoms with E-state index in [2.05, 4.69) is 25.1 Å². The summed E-state index contributed by atoms with van der Waals surface area (Å²) >= 11 is 0. The monoisotopic (exact) mass is 360 g/mol. The summed E-state index contributed by atoms with van der Waals surface area (Å²) in [7, 11) is 0. The van der Waals surface area contributed by atoms with Crippen LogP contribution < -0.4 is 10.2 Å². The van der Waals surface area contributed by atoms with Crippen LogP contribution in [0.25, 0.3) is 0 Å². The molecule has 2 fully saturated rings. The van der Waals surface area contributed by atoms with Gasteiger partial charge in [0.1, 0.15) is 0 Å². The van der Waals surface area contributed by atoms with Crippen LogP contribution in [-0.4, -0.2) is 83.9 Å². The number of nitrogens with one attached hydrogen (secondary N) is 1. The zero-order valence-corrected chi connectivity index (χ0v) is 15.4. The van der Waals surface area contributed by atoms with E-state index in [0.717, 1.165) is 38.7 Å². The maximum atomic E-state index is 12.4. The molecule has 0 unspecified atom stereocenters. The molecule has 1 atom stereocenters.